The third-order valence-electron chi connectivity index (χ3n) is 3.86. The molecule has 0 bridgehead atoms. The first kappa shape index (κ1) is 15.9. The van der Waals surface area contributed by atoms with Crippen molar-refractivity contribution in [1.82, 2.24) is 4.98 Å². The molecule has 0 radical (unpaired) electrons. The van der Waals surface area contributed by atoms with E-state index >= 15 is 0 Å². The molecule has 2 aromatic carbocycles. The Kier molecular flexibility index (Phi) is 5.02. The maximum Gasteiger partial charge on any atom is 0.310 e. The molecule has 3 heteroatoms. The Morgan fingerprint density at radius 2 is 1.83 bits per heavy atom. The molecule has 0 saturated heterocycles. The number of carbonyl (C=O) groups is 1. The Labute approximate surface area is 141 Å². The molecule has 1 aromatic heterocycles. The average molecular weight is 317 g/mol. The predicted molar refractivity (Wildman–Crippen MR) is 97.5 cm³/mol. The summed E-state index contributed by atoms with van der Waals surface area (Å²) in [5.41, 5.74) is 3.09. The van der Waals surface area contributed by atoms with E-state index in [4.69, 9.17) is 4.74 Å². The molecule has 3 nitrogen and oxygen atoms in total. The molecule has 0 aliphatic rings. The molecule has 24 heavy (non-hydrogen) atoms. The van der Waals surface area contributed by atoms with Crippen LogP contribution < -0.4 is 0 Å². The molecule has 0 fully saturated rings. The molecule has 3 aromatic rings. The second kappa shape index (κ2) is 7.55. The van der Waals surface area contributed by atoms with Crippen molar-refractivity contribution >= 4 is 28.9 Å². The normalized spacial score (nSPS) is 11.0. The summed E-state index contributed by atoms with van der Waals surface area (Å²) in [4.78, 5) is 16.1. The molecule has 0 N–H and O–H groups in total. The topological polar surface area (TPSA) is 39.2 Å². The Balaban J connectivity index is 2.02. The first-order chi connectivity index (χ1) is 11.8. The van der Waals surface area contributed by atoms with E-state index in [1.54, 1.807) is 12.4 Å². The Hall–Kier alpha value is -2.94. The third-order valence-corrected chi connectivity index (χ3v) is 3.86. The minimum Gasteiger partial charge on any atom is -0.466 e. The Morgan fingerprint density at radius 1 is 1.04 bits per heavy atom. The quantitative estimate of drug-likeness (QED) is 0.650. The zero-order valence-electron chi connectivity index (χ0n) is 13.6. The molecule has 1 heterocycles. The smallest absolute Gasteiger partial charge is 0.310 e. The lowest BCUT2D eigenvalue weighted by Gasteiger charge is -2.10. The summed E-state index contributed by atoms with van der Waals surface area (Å²) < 4.78 is 5.14. The number of rotatable bonds is 5. The van der Waals surface area contributed by atoms with Gasteiger partial charge in [0.25, 0.3) is 0 Å². The third kappa shape index (κ3) is 3.69. The van der Waals surface area contributed by atoms with Gasteiger partial charge in [-0.3, -0.25) is 9.78 Å². The number of esters is 1. The van der Waals surface area contributed by atoms with Gasteiger partial charge < -0.3 is 4.74 Å². The van der Waals surface area contributed by atoms with Crippen LogP contribution in [-0.4, -0.2) is 17.6 Å². The highest BCUT2D eigenvalue weighted by Gasteiger charge is 2.11. The second-order valence-electron chi connectivity index (χ2n) is 5.45. The van der Waals surface area contributed by atoms with Gasteiger partial charge in [0.2, 0.25) is 0 Å². The summed E-state index contributed by atoms with van der Waals surface area (Å²) in [5.74, 6) is -0.201. The van der Waals surface area contributed by atoms with Gasteiger partial charge in [-0.05, 0) is 46.5 Å². The fourth-order valence-corrected chi connectivity index (χ4v) is 2.72. The lowest BCUT2D eigenvalue weighted by molar-refractivity contribution is -0.142. The minimum atomic E-state index is -0.201. The lowest BCUT2D eigenvalue weighted by Crippen LogP contribution is -2.09. The van der Waals surface area contributed by atoms with E-state index in [9.17, 15) is 4.79 Å². The van der Waals surface area contributed by atoms with E-state index in [0.717, 1.165) is 27.5 Å². The van der Waals surface area contributed by atoms with Crippen LogP contribution in [-0.2, 0) is 16.0 Å². The Morgan fingerprint density at radius 3 is 2.62 bits per heavy atom. The van der Waals surface area contributed by atoms with Crippen LogP contribution in [0, 0.1) is 0 Å². The number of hydrogen-bond donors (Lipinski definition) is 0. The van der Waals surface area contributed by atoms with E-state index in [1.807, 2.05) is 49.4 Å². The van der Waals surface area contributed by atoms with Gasteiger partial charge in [-0.1, -0.05) is 48.6 Å². The molecule has 120 valence electrons. The number of pyridine rings is 1. The van der Waals surface area contributed by atoms with Gasteiger partial charge in [0.05, 0.1) is 13.0 Å². The van der Waals surface area contributed by atoms with Crippen molar-refractivity contribution in [3.8, 4) is 0 Å². The largest absolute Gasteiger partial charge is 0.466 e. The number of ether oxygens (including phenoxy) is 1. The average Bonchev–Trinajstić information content (AvgIpc) is 2.62. The number of carbonyl (C=O) groups excluding carboxylic acids is 1. The van der Waals surface area contributed by atoms with Gasteiger partial charge >= 0.3 is 5.97 Å². The summed E-state index contributed by atoms with van der Waals surface area (Å²) in [6, 6.07) is 16.1. The molecular formula is C21H19NO2. The van der Waals surface area contributed by atoms with Crippen LogP contribution in [0.25, 0.3) is 22.9 Å². The summed E-state index contributed by atoms with van der Waals surface area (Å²) in [6.07, 6.45) is 7.86. The predicted octanol–water partition coefficient (Wildman–Crippen LogP) is 4.51. The van der Waals surface area contributed by atoms with E-state index in [-0.39, 0.29) is 12.4 Å². The van der Waals surface area contributed by atoms with Crippen LogP contribution in [0.3, 0.4) is 0 Å². The van der Waals surface area contributed by atoms with Gasteiger partial charge in [-0.2, -0.15) is 0 Å². The standard InChI is InChI=1S/C21H19NO2/c1-2-24-21(23)15-20-18(8-7-16-11-13-22-14-12-16)10-9-17-5-3-4-6-19(17)20/h3-14H,2,15H2,1H3/b8-7+. The van der Waals surface area contributed by atoms with Gasteiger partial charge in [0.1, 0.15) is 0 Å². The highest BCUT2D eigenvalue weighted by atomic mass is 16.5. The van der Waals surface area contributed by atoms with Gasteiger partial charge in [0.15, 0.2) is 0 Å². The van der Waals surface area contributed by atoms with Crippen molar-refractivity contribution in [2.45, 2.75) is 13.3 Å². The van der Waals surface area contributed by atoms with Crippen LogP contribution in [0.5, 0.6) is 0 Å². The molecule has 0 aliphatic heterocycles. The van der Waals surface area contributed by atoms with Crippen LogP contribution in [0.1, 0.15) is 23.6 Å². The van der Waals surface area contributed by atoms with E-state index < -0.39 is 0 Å². The summed E-state index contributed by atoms with van der Waals surface area (Å²) in [5, 5.41) is 2.21. The first-order valence-electron chi connectivity index (χ1n) is 8.02. The maximum atomic E-state index is 12.0. The number of benzene rings is 2. The van der Waals surface area contributed by atoms with Crippen LogP contribution in [0.15, 0.2) is 60.9 Å². The maximum absolute atomic E-state index is 12.0. The van der Waals surface area contributed by atoms with Gasteiger partial charge in [-0.25, -0.2) is 0 Å². The van der Waals surface area contributed by atoms with Crippen molar-refractivity contribution in [3.63, 3.8) is 0 Å². The van der Waals surface area contributed by atoms with Crippen LogP contribution in [0.4, 0.5) is 0 Å². The SMILES string of the molecule is CCOC(=O)Cc1c(/C=C/c2ccncc2)ccc2ccccc12. The van der Waals surface area contributed by atoms with Crippen molar-refractivity contribution in [2.75, 3.05) is 6.61 Å². The van der Waals surface area contributed by atoms with Crippen LogP contribution >= 0.6 is 0 Å². The monoisotopic (exact) mass is 317 g/mol. The number of hydrogen-bond acceptors (Lipinski definition) is 3. The molecule has 0 amide bonds. The minimum absolute atomic E-state index is 0.201. The highest BCUT2D eigenvalue weighted by molar-refractivity contribution is 5.93. The van der Waals surface area contributed by atoms with Crippen LogP contribution in [0.2, 0.25) is 0 Å². The van der Waals surface area contributed by atoms with Crippen molar-refractivity contribution in [2.24, 2.45) is 0 Å². The zero-order valence-corrected chi connectivity index (χ0v) is 13.6. The van der Waals surface area contributed by atoms with E-state index in [2.05, 4.69) is 23.2 Å². The molecule has 3 rings (SSSR count). The fraction of sp³-hybridized carbons (Fsp3) is 0.143. The second-order valence-corrected chi connectivity index (χ2v) is 5.45. The molecule has 0 saturated carbocycles. The van der Waals surface area contributed by atoms with E-state index in [0.29, 0.717) is 6.61 Å². The van der Waals surface area contributed by atoms with Crippen molar-refractivity contribution in [3.05, 3.63) is 77.6 Å². The number of fused-ring (bicyclic) bond motifs is 1. The van der Waals surface area contributed by atoms with E-state index in [1.165, 1.54) is 0 Å². The zero-order chi connectivity index (χ0) is 16.8. The summed E-state index contributed by atoms with van der Waals surface area (Å²) >= 11 is 0. The fourth-order valence-electron chi connectivity index (χ4n) is 2.72. The number of nitrogens with zero attached hydrogens (tertiary/aromatic N) is 1. The molecule has 0 aliphatic carbocycles. The Bertz CT molecular complexity index is 869. The summed E-state index contributed by atoms with van der Waals surface area (Å²) in [7, 11) is 0. The van der Waals surface area contributed by atoms with Crippen molar-refractivity contribution < 1.29 is 9.53 Å². The molecule has 0 unspecified atom stereocenters. The molecular weight excluding hydrogens is 298 g/mol. The van der Waals surface area contributed by atoms with Gasteiger partial charge in [-0.15, -0.1) is 0 Å². The van der Waals surface area contributed by atoms with Gasteiger partial charge in [0, 0.05) is 12.4 Å². The lowest BCUT2D eigenvalue weighted by atomic mass is 9.96. The first-order valence-corrected chi connectivity index (χ1v) is 8.02. The summed E-state index contributed by atoms with van der Waals surface area (Å²) in [6.45, 7) is 2.22. The molecule has 0 spiro atoms. The van der Waals surface area contributed by atoms with Crippen molar-refractivity contribution in [1.29, 1.82) is 0 Å². The highest BCUT2D eigenvalue weighted by Crippen LogP contribution is 2.25. The number of aromatic nitrogens is 1. The molecule has 0 atom stereocenters.